The molecule has 8 rings (SSSR count). The van der Waals surface area contributed by atoms with Gasteiger partial charge in [0.25, 0.3) is 0 Å². The predicted molar refractivity (Wildman–Crippen MR) is 209 cm³/mol. The van der Waals surface area contributed by atoms with Crippen molar-refractivity contribution < 1.29 is 28.9 Å². The zero-order valence-corrected chi connectivity index (χ0v) is 33.2. The summed E-state index contributed by atoms with van der Waals surface area (Å²) in [4.78, 5) is 13.7. The van der Waals surface area contributed by atoms with Crippen LogP contribution >= 0.6 is 0 Å². The largest absolute Gasteiger partial charge is 0.486 e. The fraction of sp³-hybridized carbons (Fsp3) is 0.133. The molecule has 0 aliphatic rings. The molecule has 0 spiro atoms. The van der Waals surface area contributed by atoms with Gasteiger partial charge in [-0.1, -0.05) is 104 Å². The van der Waals surface area contributed by atoms with E-state index < -0.39 is 8.07 Å². The second kappa shape index (κ2) is 15.7. The van der Waals surface area contributed by atoms with Gasteiger partial charge in [0, 0.05) is 49.4 Å². The van der Waals surface area contributed by atoms with E-state index in [1.807, 2.05) is 74.6 Å². The van der Waals surface area contributed by atoms with Gasteiger partial charge < -0.3 is 14.4 Å². The average Bonchev–Trinajstić information content (AvgIpc) is 3.52. The Balaban J connectivity index is 0.000000179. The zero-order valence-electron chi connectivity index (χ0n) is 29.8. The van der Waals surface area contributed by atoms with Crippen LogP contribution in [0.5, 0.6) is 0 Å². The summed E-state index contributed by atoms with van der Waals surface area (Å²) in [6, 6.07) is 44.4. The molecule has 4 aromatic heterocycles. The maximum atomic E-state index is 14.6. The molecule has 0 saturated carbocycles. The molecule has 0 unspecified atom stereocenters. The Labute approximate surface area is 319 Å². The van der Waals surface area contributed by atoms with Crippen LogP contribution in [0.2, 0.25) is 19.6 Å². The molecule has 0 atom stereocenters. The average molecular weight is 876 g/mol. The van der Waals surface area contributed by atoms with Gasteiger partial charge in [-0.05, 0) is 76.6 Å². The summed E-state index contributed by atoms with van der Waals surface area (Å²) in [6.07, 6.45) is 4.88. The first-order valence-electron chi connectivity index (χ1n) is 17.1. The van der Waals surface area contributed by atoms with E-state index in [1.54, 1.807) is 0 Å². The van der Waals surface area contributed by atoms with Crippen LogP contribution in [-0.2, 0) is 26.5 Å². The number of nitrogens with zero attached hydrogens (tertiary/aromatic N) is 3. The first kappa shape index (κ1) is 36.7. The monoisotopic (exact) mass is 876 g/mol. The number of pyridine rings is 3. The van der Waals surface area contributed by atoms with Gasteiger partial charge in [0.05, 0.1) is 13.7 Å². The molecule has 0 amide bonds. The van der Waals surface area contributed by atoms with E-state index in [0.717, 1.165) is 40.1 Å². The molecule has 7 heteroatoms. The number of hydrogen-bond acceptors (Lipinski definition) is 4. The molecule has 0 saturated heterocycles. The number of aromatic nitrogens is 3. The topological polar surface area (TPSA) is 51.8 Å². The Hall–Kier alpha value is -5.07. The molecule has 52 heavy (non-hydrogen) atoms. The van der Waals surface area contributed by atoms with Crippen LogP contribution in [0.4, 0.5) is 4.39 Å². The fourth-order valence-electron chi connectivity index (χ4n) is 6.37. The summed E-state index contributed by atoms with van der Waals surface area (Å²) >= 11 is 0. The van der Waals surface area contributed by atoms with E-state index in [1.165, 1.54) is 22.4 Å². The van der Waals surface area contributed by atoms with E-state index in [4.69, 9.17) is 9.40 Å². The molecule has 4 heterocycles. The van der Waals surface area contributed by atoms with Gasteiger partial charge in [0.15, 0.2) is 0 Å². The van der Waals surface area contributed by atoms with E-state index in [9.17, 15) is 4.39 Å². The summed E-state index contributed by atoms with van der Waals surface area (Å²) in [6.45, 7) is 11.0. The minimum absolute atomic E-state index is 0. The van der Waals surface area contributed by atoms with Crippen molar-refractivity contribution in [3.05, 3.63) is 168 Å². The molecule has 0 fully saturated rings. The summed E-state index contributed by atoms with van der Waals surface area (Å²) in [7, 11) is -1.43. The third-order valence-electron chi connectivity index (χ3n) is 8.97. The quantitative estimate of drug-likeness (QED) is 0.123. The third kappa shape index (κ3) is 7.87. The minimum atomic E-state index is -1.43. The number of aryl methyl sites for hydroxylation is 2. The Morgan fingerprint density at radius 2 is 1.48 bits per heavy atom. The van der Waals surface area contributed by atoms with Crippen LogP contribution in [0, 0.1) is 31.8 Å². The first-order valence-corrected chi connectivity index (χ1v) is 20.6. The van der Waals surface area contributed by atoms with Gasteiger partial charge in [0.1, 0.15) is 0 Å². The molecule has 0 aliphatic carbocycles. The van der Waals surface area contributed by atoms with Crippen LogP contribution in [0.15, 0.2) is 132 Å². The Morgan fingerprint density at radius 3 is 2.19 bits per heavy atom. The zero-order chi connectivity index (χ0) is 35.5. The van der Waals surface area contributed by atoms with Gasteiger partial charge >= 0.3 is 0 Å². The second-order valence-corrected chi connectivity index (χ2v) is 18.8. The molecule has 8 aromatic rings. The molecule has 4 aromatic carbocycles. The number of benzene rings is 4. The number of furan rings is 1. The molecule has 261 valence electrons. The number of rotatable bonds is 6. The van der Waals surface area contributed by atoms with Crippen LogP contribution in [-0.4, -0.2) is 23.0 Å². The van der Waals surface area contributed by atoms with Crippen molar-refractivity contribution in [2.45, 2.75) is 39.9 Å². The van der Waals surface area contributed by atoms with Crippen LogP contribution in [0.1, 0.15) is 22.4 Å². The van der Waals surface area contributed by atoms with Crippen molar-refractivity contribution >= 4 is 35.3 Å². The molecule has 0 N–H and O–H groups in total. The maximum Gasteiger partial charge on any atom is 0.216 e. The van der Waals surface area contributed by atoms with Crippen LogP contribution < -0.4 is 5.19 Å². The van der Waals surface area contributed by atoms with Crippen molar-refractivity contribution in [3.8, 4) is 33.6 Å². The minimum Gasteiger partial charge on any atom is -0.486 e. The Kier molecular flexibility index (Phi) is 11.1. The standard InChI is InChI=1S/C24H16FN2O.C21H22NSi.Ir/c1-14-13-26-21(12-19(14)16-6-4-3-5-7-16)17-10-11-20(25)22-18-9-8-15(2)27-24(18)28-23(17)22;1-23(2,3)21-16-22-20(18-12-8-5-9-13-18)15-19(21)14-17-10-6-4-7-11-17;/h3-9,11-13H,1-2H3;4-12,15-16H,14H2,1-3H3;/q2*-1;. The predicted octanol–water partition coefficient (Wildman–Crippen LogP) is 10.9. The van der Waals surface area contributed by atoms with E-state index in [2.05, 4.69) is 103 Å². The molecule has 0 aliphatic heterocycles. The van der Waals surface area contributed by atoms with Gasteiger partial charge in [-0.3, -0.25) is 4.39 Å². The molecular formula is C45H38FIrN3OSi-2. The summed E-state index contributed by atoms with van der Waals surface area (Å²) in [5, 5.41) is 2.52. The fourth-order valence-corrected chi connectivity index (χ4v) is 7.95. The smallest absolute Gasteiger partial charge is 0.216 e. The Morgan fingerprint density at radius 1 is 0.769 bits per heavy atom. The second-order valence-electron chi connectivity index (χ2n) is 13.8. The van der Waals surface area contributed by atoms with Crippen molar-refractivity contribution in [3.63, 3.8) is 0 Å². The summed E-state index contributed by atoms with van der Waals surface area (Å²) in [5.41, 5.74) is 11.0. The number of halogens is 1. The van der Waals surface area contributed by atoms with Crippen LogP contribution in [0.25, 0.3) is 55.7 Å². The van der Waals surface area contributed by atoms with Gasteiger partial charge in [0.2, 0.25) is 5.71 Å². The van der Waals surface area contributed by atoms with Crippen LogP contribution in [0.3, 0.4) is 0 Å². The molecular weight excluding hydrogens is 838 g/mol. The SMILES string of the molecule is C[Si](C)(C)c1cnc(-c2[c-]cccc2)cc1Cc1ccccc1.Cc1ccc2c(n1)oc1c(-c3cc(-c4ccccc4)c(C)cn3)[c-]cc(F)c12.[Ir]. The van der Waals surface area contributed by atoms with Crippen molar-refractivity contribution in [1.29, 1.82) is 0 Å². The number of hydrogen-bond donors (Lipinski definition) is 0. The van der Waals surface area contributed by atoms with Gasteiger partial charge in [-0.25, -0.2) is 4.98 Å². The van der Waals surface area contributed by atoms with E-state index >= 15 is 0 Å². The van der Waals surface area contributed by atoms with E-state index in [0.29, 0.717) is 33.3 Å². The van der Waals surface area contributed by atoms with Crippen molar-refractivity contribution in [2.24, 2.45) is 0 Å². The van der Waals surface area contributed by atoms with Crippen molar-refractivity contribution in [2.75, 3.05) is 0 Å². The molecule has 4 nitrogen and oxygen atoms in total. The summed E-state index contributed by atoms with van der Waals surface area (Å²) in [5.74, 6) is -0.376. The van der Waals surface area contributed by atoms with Gasteiger partial charge in [-0.2, -0.15) is 0 Å². The Bertz CT molecular complexity index is 2460. The van der Waals surface area contributed by atoms with E-state index in [-0.39, 0.29) is 25.9 Å². The molecule has 0 bridgehead atoms. The first-order chi connectivity index (χ1) is 24.7. The normalized spacial score (nSPS) is 11.2. The van der Waals surface area contributed by atoms with Crippen molar-refractivity contribution in [1.82, 2.24) is 15.0 Å². The summed E-state index contributed by atoms with van der Waals surface area (Å²) < 4.78 is 20.6. The number of fused-ring (bicyclic) bond motifs is 3. The third-order valence-corrected chi connectivity index (χ3v) is 11.0. The van der Waals surface area contributed by atoms with Gasteiger partial charge in [-0.15, -0.1) is 48.0 Å². The molecule has 1 radical (unpaired) electrons. The maximum absolute atomic E-state index is 14.6.